The van der Waals surface area contributed by atoms with Crippen LogP contribution >= 0.6 is 0 Å². The highest BCUT2D eigenvalue weighted by Crippen LogP contribution is 2.65. The molecular weight excluding hydrogens is 429 g/mol. The zero-order valence-corrected chi connectivity index (χ0v) is 19.5. The zero-order chi connectivity index (χ0) is 23.6. The van der Waals surface area contributed by atoms with Crippen molar-refractivity contribution in [2.75, 3.05) is 0 Å². The largest absolute Gasteiger partial charge is 0.573 e. The Balaban J connectivity index is 1.31. The summed E-state index contributed by atoms with van der Waals surface area (Å²) in [6, 6.07) is 5.44. The SMILES string of the molecule is C[C@@]1(O)CC[C@H]2[C@H](CC[C@@H]3[C@@H]2CC[C@]2(C)[C@@H](C(=O)c4ccc(OC(F)(F)F)cc4)CC[C@@H]32)C1. The van der Waals surface area contributed by atoms with Crippen molar-refractivity contribution >= 4 is 5.78 Å². The molecule has 1 aromatic rings. The van der Waals surface area contributed by atoms with Gasteiger partial charge < -0.3 is 9.84 Å². The molecule has 4 saturated carbocycles. The van der Waals surface area contributed by atoms with Gasteiger partial charge in [0.2, 0.25) is 0 Å². The van der Waals surface area contributed by atoms with Crippen LogP contribution in [-0.2, 0) is 0 Å². The van der Waals surface area contributed by atoms with Gasteiger partial charge in [-0.05, 0) is 124 Å². The number of halogens is 3. The first-order valence-electron chi connectivity index (χ1n) is 12.6. The van der Waals surface area contributed by atoms with Crippen molar-refractivity contribution in [1.29, 1.82) is 0 Å². The van der Waals surface area contributed by atoms with E-state index in [0.29, 0.717) is 35.2 Å². The predicted octanol–water partition coefficient (Wildman–Crippen LogP) is 6.79. The minimum Gasteiger partial charge on any atom is -0.406 e. The summed E-state index contributed by atoms with van der Waals surface area (Å²) < 4.78 is 41.3. The molecule has 4 aliphatic rings. The Morgan fingerprint density at radius 1 is 0.939 bits per heavy atom. The summed E-state index contributed by atoms with van der Waals surface area (Å²) in [5.74, 6) is 2.97. The van der Waals surface area contributed by atoms with Crippen molar-refractivity contribution in [3.05, 3.63) is 29.8 Å². The first kappa shape index (κ1) is 23.2. The Hall–Kier alpha value is -1.56. The lowest BCUT2D eigenvalue weighted by Gasteiger charge is -2.56. The molecule has 0 bridgehead atoms. The Morgan fingerprint density at radius 3 is 2.33 bits per heavy atom. The van der Waals surface area contributed by atoms with Crippen LogP contribution in [0.1, 0.15) is 82.0 Å². The highest BCUT2D eigenvalue weighted by atomic mass is 19.4. The molecule has 5 rings (SSSR count). The molecule has 1 aromatic carbocycles. The number of rotatable bonds is 3. The maximum atomic E-state index is 13.5. The number of Topliss-reactive ketones (excluding diaryl/α,β-unsaturated/α-hetero) is 1. The molecule has 33 heavy (non-hydrogen) atoms. The standard InChI is InChI=1S/C27H35F3O3/c1-25(32)13-11-19-17(15-25)5-8-21-20(19)12-14-26(2)22(21)9-10-23(26)24(31)16-3-6-18(7-4-16)33-27(28,29)30/h3-4,6-7,17,19-23,32H,5,8-15H2,1-2H3/t17-,19+,20-,21-,22+,23-,25-,26+/m1/s1. The van der Waals surface area contributed by atoms with E-state index in [2.05, 4.69) is 11.7 Å². The molecule has 0 aliphatic heterocycles. The van der Waals surface area contributed by atoms with Gasteiger partial charge in [0.15, 0.2) is 5.78 Å². The number of carbonyl (C=O) groups is 1. The van der Waals surface area contributed by atoms with E-state index < -0.39 is 12.0 Å². The topological polar surface area (TPSA) is 46.5 Å². The third-order valence-corrected chi connectivity index (χ3v) is 9.93. The summed E-state index contributed by atoms with van der Waals surface area (Å²) in [7, 11) is 0. The maximum absolute atomic E-state index is 13.5. The zero-order valence-electron chi connectivity index (χ0n) is 19.5. The molecule has 0 heterocycles. The number of ketones is 1. The van der Waals surface area contributed by atoms with Crippen molar-refractivity contribution in [2.24, 2.45) is 40.9 Å². The number of hydrogen-bond acceptors (Lipinski definition) is 3. The van der Waals surface area contributed by atoms with Gasteiger partial charge in [-0.3, -0.25) is 4.79 Å². The summed E-state index contributed by atoms with van der Waals surface area (Å²) in [4.78, 5) is 13.5. The maximum Gasteiger partial charge on any atom is 0.573 e. The second-order valence-corrected chi connectivity index (χ2v) is 11.8. The fraction of sp³-hybridized carbons (Fsp3) is 0.741. The van der Waals surface area contributed by atoms with E-state index in [1.54, 1.807) is 0 Å². The van der Waals surface area contributed by atoms with Crippen LogP contribution in [0.15, 0.2) is 24.3 Å². The van der Waals surface area contributed by atoms with E-state index in [0.717, 1.165) is 44.9 Å². The Labute approximate surface area is 194 Å². The Morgan fingerprint density at radius 2 is 1.64 bits per heavy atom. The van der Waals surface area contributed by atoms with Crippen molar-refractivity contribution in [3.8, 4) is 5.75 Å². The van der Waals surface area contributed by atoms with Crippen LogP contribution < -0.4 is 4.74 Å². The molecule has 0 unspecified atom stereocenters. The lowest BCUT2D eigenvalue weighted by Crippen LogP contribution is -2.51. The molecule has 0 aromatic heterocycles. The van der Waals surface area contributed by atoms with Gasteiger partial charge in [0.1, 0.15) is 5.75 Å². The van der Waals surface area contributed by atoms with Crippen LogP contribution in [0.4, 0.5) is 13.2 Å². The van der Waals surface area contributed by atoms with E-state index in [-0.39, 0.29) is 22.9 Å². The molecule has 0 saturated heterocycles. The monoisotopic (exact) mass is 464 g/mol. The van der Waals surface area contributed by atoms with Gasteiger partial charge in [0.05, 0.1) is 5.60 Å². The van der Waals surface area contributed by atoms with Gasteiger partial charge >= 0.3 is 6.36 Å². The highest BCUT2D eigenvalue weighted by molar-refractivity contribution is 5.98. The van der Waals surface area contributed by atoms with E-state index in [9.17, 15) is 23.1 Å². The molecule has 4 fully saturated rings. The average molecular weight is 465 g/mol. The van der Waals surface area contributed by atoms with Gasteiger partial charge in [-0.15, -0.1) is 13.2 Å². The van der Waals surface area contributed by atoms with Crippen LogP contribution in [-0.4, -0.2) is 22.9 Å². The van der Waals surface area contributed by atoms with E-state index in [1.807, 2.05) is 6.92 Å². The van der Waals surface area contributed by atoms with Gasteiger partial charge in [0.25, 0.3) is 0 Å². The lowest BCUT2D eigenvalue weighted by molar-refractivity contribution is -0.274. The quantitative estimate of drug-likeness (QED) is 0.501. The van der Waals surface area contributed by atoms with E-state index in [4.69, 9.17) is 0 Å². The molecule has 182 valence electrons. The van der Waals surface area contributed by atoms with Crippen molar-refractivity contribution in [2.45, 2.75) is 83.6 Å². The molecule has 3 nitrogen and oxygen atoms in total. The summed E-state index contributed by atoms with van der Waals surface area (Å²) >= 11 is 0. The summed E-state index contributed by atoms with van der Waals surface area (Å²) in [6.45, 7) is 4.28. The van der Waals surface area contributed by atoms with Crippen LogP contribution in [0.3, 0.4) is 0 Å². The van der Waals surface area contributed by atoms with Gasteiger partial charge in [-0.25, -0.2) is 0 Å². The number of alkyl halides is 3. The summed E-state index contributed by atoms with van der Waals surface area (Å²) in [5, 5.41) is 10.6. The van der Waals surface area contributed by atoms with Gasteiger partial charge in [-0.1, -0.05) is 6.92 Å². The molecule has 1 N–H and O–H groups in total. The number of benzene rings is 1. The molecule has 8 atom stereocenters. The smallest absolute Gasteiger partial charge is 0.406 e. The lowest BCUT2D eigenvalue weighted by atomic mass is 9.49. The van der Waals surface area contributed by atoms with E-state index >= 15 is 0 Å². The number of aliphatic hydroxyl groups is 1. The first-order valence-corrected chi connectivity index (χ1v) is 12.6. The van der Waals surface area contributed by atoms with Crippen LogP contribution in [0.2, 0.25) is 0 Å². The van der Waals surface area contributed by atoms with E-state index in [1.165, 1.54) is 37.1 Å². The summed E-state index contributed by atoms with van der Waals surface area (Å²) in [6.07, 6.45) is 4.74. The van der Waals surface area contributed by atoms with Crippen molar-refractivity contribution in [3.63, 3.8) is 0 Å². The van der Waals surface area contributed by atoms with Crippen LogP contribution in [0, 0.1) is 40.9 Å². The average Bonchev–Trinajstić information content (AvgIpc) is 3.09. The number of ether oxygens (including phenoxy) is 1. The summed E-state index contributed by atoms with van der Waals surface area (Å²) in [5.41, 5.74) is -0.0634. The highest BCUT2D eigenvalue weighted by Gasteiger charge is 2.58. The molecule has 4 aliphatic carbocycles. The first-order chi connectivity index (χ1) is 15.5. The number of carbonyl (C=O) groups excluding carboxylic acids is 1. The van der Waals surface area contributed by atoms with Gasteiger partial charge in [0, 0.05) is 11.5 Å². The molecule has 0 radical (unpaired) electrons. The fourth-order valence-electron chi connectivity index (χ4n) is 8.53. The number of fused-ring (bicyclic) bond motifs is 5. The second-order valence-electron chi connectivity index (χ2n) is 11.8. The van der Waals surface area contributed by atoms with Crippen LogP contribution in [0.5, 0.6) is 5.75 Å². The second kappa shape index (κ2) is 8.00. The predicted molar refractivity (Wildman–Crippen MR) is 119 cm³/mol. The fourth-order valence-corrected chi connectivity index (χ4v) is 8.53. The minimum atomic E-state index is -4.73. The third kappa shape index (κ3) is 4.21. The number of hydrogen-bond donors (Lipinski definition) is 1. The molecule has 0 spiro atoms. The Kier molecular flexibility index (Phi) is 5.62. The normalized spacial score (nSPS) is 42.7. The van der Waals surface area contributed by atoms with Crippen molar-refractivity contribution in [1.82, 2.24) is 0 Å². The van der Waals surface area contributed by atoms with Crippen molar-refractivity contribution < 1.29 is 27.8 Å². The minimum absolute atomic E-state index is 0.0353. The van der Waals surface area contributed by atoms with Gasteiger partial charge in [-0.2, -0.15) is 0 Å². The Bertz CT molecular complexity index is 893. The molecular formula is C27H35F3O3. The molecule has 6 heteroatoms. The van der Waals surface area contributed by atoms with Crippen LogP contribution in [0.25, 0.3) is 0 Å². The third-order valence-electron chi connectivity index (χ3n) is 9.93. The molecule has 0 amide bonds.